The second kappa shape index (κ2) is 7.20. The van der Waals surface area contributed by atoms with E-state index >= 15 is 0 Å². The van der Waals surface area contributed by atoms with Crippen molar-refractivity contribution in [3.05, 3.63) is 29.8 Å². The van der Waals surface area contributed by atoms with Crippen LogP contribution in [0.4, 0.5) is 0 Å². The lowest BCUT2D eigenvalue weighted by Crippen LogP contribution is -2.31. The van der Waals surface area contributed by atoms with E-state index in [4.69, 9.17) is 4.74 Å². The fourth-order valence-corrected chi connectivity index (χ4v) is 3.40. The van der Waals surface area contributed by atoms with Crippen molar-refractivity contribution in [2.24, 2.45) is 5.92 Å². The lowest BCUT2D eigenvalue weighted by atomic mass is 10.1. The summed E-state index contributed by atoms with van der Waals surface area (Å²) in [5.41, 5.74) is 1.34. The highest BCUT2D eigenvalue weighted by molar-refractivity contribution is 7.99. The molecular weight excluding hydrogens is 254 g/mol. The highest BCUT2D eigenvalue weighted by atomic mass is 32.2. The van der Waals surface area contributed by atoms with Crippen LogP contribution in [0.3, 0.4) is 0 Å². The molecule has 0 bridgehead atoms. The third-order valence-corrected chi connectivity index (χ3v) is 4.54. The molecule has 0 aliphatic carbocycles. The molecule has 1 aromatic rings. The number of ether oxygens (including phenoxy) is 1. The van der Waals surface area contributed by atoms with E-state index in [1.807, 2.05) is 11.8 Å². The van der Waals surface area contributed by atoms with Crippen molar-refractivity contribution in [2.45, 2.75) is 39.3 Å². The summed E-state index contributed by atoms with van der Waals surface area (Å²) in [4.78, 5) is 0. The Kier molecular flexibility index (Phi) is 5.59. The molecule has 1 aliphatic rings. The molecule has 0 saturated carbocycles. The molecule has 1 saturated heterocycles. The van der Waals surface area contributed by atoms with Gasteiger partial charge in [0.05, 0.1) is 6.61 Å². The SMILES string of the molecule is CC(C)COc1ccc(C(C)NC2CCSC2)cc1. The first-order chi connectivity index (χ1) is 9.15. The van der Waals surface area contributed by atoms with Crippen LogP contribution in [0.1, 0.15) is 38.8 Å². The number of hydrogen-bond acceptors (Lipinski definition) is 3. The van der Waals surface area contributed by atoms with E-state index < -0.39 is 0 Å². The highest BCUT2D eigenvalue weighted by Crippen LogP contribution is 2.22. The van der Waals surface area contributed by atoms with E-state index in [0.29, 0.717) is 18.0 Å². The minimum absolute atomic E-state index is 0.419. The first kappa shape index (κ1) is 14.7. The van der Waals surface area contributed by atoms with Crippen molar-refractivity contribution < 1.29 is 4.74 Å². The quantitative estimate of drug-likeness (QED) is 0.854. The summed E-state index contributed by atoms with van der Waals surface area (Å²) in [7, 11) is 0. The van der Waals surface area contributed by atoms with Crippen LogP contribution in [0.25, 0.3) is 0 Å². The Morgan fingerprint density at radius 3 is 2.58 bits per heavy atom. The van der Waals surface area contributed by atoms with Crippen LogP contribution in [-0.4, -0.2) is 24.2 Å². The molecule has 0 aromatic heterocycles. The van der Waals surface area contributed by atoms with Crippen LogP contribution >= 0.6 is 11.8 Å². The Morgan fingerprint density at radius 1 is 1.26 bits per heavy atom. The maximum atomic E-state index is 5.71. The van der Waals surface area contributed by atoms with Gasteiger partial charge in [-0.05, 0) is 42.7 Å². The third-order valence-electron chi connectivity index (χ3n) is 3.38. The minimum atomic E-state index is 0.419. The molecule has 2 nitrogen and oxygen atoms in total. The van der Waals surface area contributed by atoms with Gasteiger partial charge in [-0.3, -0.25) is 0 Å². The van der Waals surface area contributed by atoms with Gasteiger partial charge in [0.1, 0.15) is 5.75 Å². The molecule has 1 aromatic carbocycles. The Bertz CT molecular complexity index is 371. The average molecular weight is 279 g/mol. The maximum Gasteiger partial charge on any atom is 0.119 e. The fourth-order valence-electron chi connectivity index (χ4n) is 2.23. The second-order valence-electron chi connectivity index (χ2n) is 5.72. The molecule has 2 atom stereocenters. The van der Waals surface area contributed by atoms with Gasteiger partial charge in [-0.2, -0.15) is 11.8 Å². The molecule has 3 heteroatoms. The Morgan fingerprint density at radius 2 is 2.00 bits per heavy atom. The van der Waals surface area contributed by atoms with Gasteiger partial charge in [-0.1, -0.05) is 26.0 Å². The first-order valence-electron chi connectivity index (χ1n) is 7.21. The van der Waals surface area contributed by atoms with Crippen molar-refractivity contribution in [3.8, 4) is 5.75 Å². The molecule has 0 spiro atoms. The van der Waals surface area contributed by atoms with Crippen molar-refractivity contribution in [1.82, 2.24) is 5.32 Å². The van der Waals surface area contributed by atoms with Gasteiger partial charge < -0.3 is 10.1 Å². The summed E-state index contributed by atoms with van der Waals surface area (Å²) in [5, 5.41) is 3.70. The monoisotopic (exact) mass is 279 g/mol. The first-order valence-corrected chi connectivity index (χ1v) is 8.37. The summed E-state index contributed by atoms with van der Waals surface area (Å²) in [5.74, 6) is 4.09. The van der Waals surface area contributed by atoms with E-state index in [9.17, 15) is 0 Å². The molecule has 1 fully saturated rings. The standard InChI is InChI=1S/C16H25NOS/c1-12(2)10-18-16-6-4-14(5-7-16)13(3)17-15-8-9-19-11-15/h4-7,12-13,15,17H,8-11H2,1-3H3. The van der Waals surface area contributed by atoms with Crippen LogP contribution in [0.2, 0.25) is 0 Å². The van der Waals surface area contributed by atoms with E-state index in [2.05, 4.69) is 50.4 Å². The molecule has 106 valence electrons. The van der Waals surface area contributed by atoms with Crippen LogP contribution in [0.5, 0.6) is 5.75 Å². The van der Waals surface area contributed by atoms with Crippen LogP contribution in [0.15, 0.2) is 24.3 Å². The zero-order valence-corrected chi connectivity index (χ0v) is 13.0. The molecule has 1 N–H and O–H groups in total. The third kappa shape index (κ3) is 4.73. The molecule has 1 aliphatic heterocycles. The Labute approximate surface area is 121 Å². The lowest BCUT2D eigenvalue weighted by molar-refractivity contribution is 0.271. The zero-order chi connectivity index (χ0) is 13.7. The average Bonchev–Trinajstić information content (AvgIpc) is 2.89. The molecule has 19 heavy (non-hydrogen) atoms. The summed E-state index contributed by atoms with van der Waals surface area (Å²) in [6.45, 7) is 7.36. The predicted octanol–water partition coefficient (Wildman–Crippen LogP) is 3.88. The van der Waals surface area contributed by atoms with Crippen molar-refractivity contribution in [3.63, 3.8) is 0 Å². The molecule has 0 amide bonds. The van der Waals surface area contributed by atoms with E-state index in [0.717, 1.165) is 12.4 Å². The normalized spacial score (nSPS) is 20.7. The van der Waals surface area contributed by atoms with Gasteiger partial charge >= 0.3 is 0 Å². The fraction of sp³-hybridized carbons (Fsp3) is 0.625. The predicted molar refractivity (Wildman–Crippen MR) is 84.1 cm³/mol. The molecular formula is C16H25NOS. The van der Waals surface area contributed by atoms with Crippen LogP contribution in [-0.2, 0) is 0 Å². The second-order valence-corrected chi connectivity index (χ2v) is 6.87. The highest BCUT2D eigenvalue weighted by Gasteiger charge is 2.17. The Hall–Kier alpha value is -0.670. The van der Waals surface area contributed by atoms with Crippen LogP contribution in [0, 0.1) is 5.92 Å². The molecule has 0 radical (unpaired) electrons. The molecule has 2 unspecified atom stereocenters. The van der Waals surface area contributed by atoms with Gasteiger partial charge in [0.25, 0.3) is 0 Å². The van der Waals surface area contributed by atoms with Gasteiger partial charge in [0.2, 0.25) is 0 Å². The number of nitrogens with one attached hydrogen (secondary N) is 1. The van der Waals surface area contributed by atoms with E-state index in [-0.39, 0.29) is 0 Å². The summed E-state index contributed by atoms with van der Waals surface area (Å²) < 4.78 is 5.71. The molecule has 2 rings (SSSR count). The van der Waals surface area contributed by atoms with Gasteiger partial charge in [0, 0.05) is 17.8 Å². The maximum absolute atomic E-state index is 5.71. The van der Waals surface area contributed by atoms with E-state index in [1.54, 1.807) is 0 Å². The topological polar surface area (TPSA) is 21.3 Å². The number of rotatable bonds is 6. The number of benzene rings is 1. The Balaban J connectivity index is 1.86. The number of thioether (sulfide) groups is 1. The summed E-state index contributed by atoms with van der Waals surface area (Å²) in [6, 6.07) is 9.61. The smallest absolute Gasteiger partial charge is 0.119 e. The van der Waals surface area contributed by atoms with Crippen molar-refractivity contribution in [2.75, 3.05) is 18.1 Å². The zero-order valence-electron chi connectivity index (χ0n) is 12.2. The number of hydrogen-bond donors (Lipinski definition) is 1. The largest absolute Gasteiger partial charge is 0.493 e. The van der Waals surface area contributed by atoms with Gasteiger partial charge in [-0.15, -0.1) is 0 Å². The summed E-state index contributed by atoms with van der Waals surface area (Å²) in [6.07, 6.45) is 1.30. The van der Waals surface area contributed by atoms with Gasteiger partial charge in [-0.25, -0.2) is 0 Å². The van der Waals surface area contributed by atoms with E-state index in [1.165, 1.54) is 23.5 Å². The lowest BCUT2D eigenvalue weighted by Gasteiger charge is -2.19. The molecule has 1 heterocycles. The van der Waals surface area contributed by atoms with Crippen LogP contribution < -0.4 is 10.1 Å². The summed E-state index contributed by atoms with van der Waals surface area (Å²) >= 11 is 2.05. The van der Waals surface area contributed by atoms with Crippen molar-refractivity contribution >= 4 is 11.8 Å². The van der Waals surface area contributed by atoms with Crippen molar-refractivity contribution in [1.29, 1.82) is 0 Å². The minimum Gasteiger partial charge on any atom is -0.493 e. The van der Waals surface area contributed by atoms with Gasteiger partial charge in [0.15, 0.2) is 0 Å².